The van der Waals surface area contributed by atoms with Crippen LogP contribution in [0.4, 0.5) is 4.39 Å². The first-order chi connectivity index (χ1) is 21.2. The van der Waals surface area contributed by atoms with Gasteiger partial charge < -0.3 is 19.3 Å². The first-order valence-electron chi connectivity index (χ1n) is 15.4. The number of ether oxygens (including phenoxy) is 3. The van der Waals surface area contributed by atoms with Gasteiger partial charge in [-0.2, -0.15) is 0 Å². The fourth-order valence-corrected chi connectivity index (χ4v) is 8.38. The number of aliphatic hydroxyl groups is 1. The third-order valence-corrected chi connectivity index (χ3v) is 10.7. The van der Waals surface area contributed by atoms with Crippen molar-refractivity contribution in [3.63, 3.8) is 0 Å². The third-order valence-electron chi connectivity index (χ3n) is 10.7. The van der Waals surface area contributed by atoms with Gasteiger partial charge in [-0.25, -0.2) is 9.18 Å². The number of halogens is 1. The molecule has 4 aliphatic carbocycles. The van der Waals surface area contributed by atoms with Crippen molar-refractivity contribution in [3.8, 4) is 0 Å². The number of hydrogen-bond acceptors (Lipinski definition) is 9. The Morgan fingerprint density at radius 1 is 1.04 bits per heavy atom. The van der Waals surface area contributed by atoms with Gasteiger partial charge in [0.1, 0.15) is 5.76 Å². The maximum atomic E-state index is 18.0. The molecule has 0 amide bonds. The lowest BCUT2D eigenvalue weighted by molar-refractivity contribution is -0.219. The molecule has 0 unspecified atom stereocenters. The Morgan fingerprint density at radius 2 is 1.71 bits per heavy atom. The summed E-state index contributed by atoms with van der Waals surface area (Å²) in [5.74, 6) is -5.55. The summed E-state index contributed by atoms with van der Waals surface area (Å²) in [6, 6.07) is 8.22. The second kappa shape index (κ2) is 11.5. The van der Waals surface area contributed by atoms with E-state index in [1.165, 1.54) is 24.3 Å². The Kier molecular flexibility index (Phi) is 8.27. The standard InChI is InChI=1S/C35H39FO9/c1-6-29(40)43-19-28(39)35(45-30(41)7-2)20(3)15-23-24-17-26(44-31(42)21-11-9-8-10-12-21)25-16-22(37)13-14-32(25,4)34(24,36)27(38)18-33(23,35)5/h8-14,16-17,20,23-24,27,38H,6-7,15,18-19H2,1-5H3/t20-,23-,24-,27-,32-,33-,34-,35+/m0/s1. The Morgan fingerprint density at radius 3 is 2.36 bits per heavy atom. The second-order valence-corrected chi connectivity index (χ2v) is 13.0. The number of aliphatic hydroxyl groups excluding tert-OH is 1. The molecule has 0 radical (unpaired) electrons. The highest BCUT2D eigenvalue weighted by Crippen LogP contribution is 2.71. The van der Waals surface area contributed by atoms with E-state index in [0.717, 1.165) is 0 Å². The molecule has 1 N–H and O–H groups in total. The molecule has 10 heteroatoms. The van der Waals surface area contributed by atoms with Crippen LogP contribution in [0.5, 0.6) is 0 Å². The van der Waals surface area contributed by atoms with E-state index >= 15 is 4.39 Å². The van der Waals surface area contributed by atoms with Gasteiger partial charge in [-0.3, -0.25) is 19.2 Å². The molecule has 1 aromatic rings. The Balaban J connectivity index is 1.67. The normalized spacial score (nSPS) is 36.5. The van der Waals surface area contributed by atoms with Gasteiger partial charge in [-0.1, -0.05) is 52.0 Å². The monoisotopic (exact) mass is 622 g/mol. The molecular weight excluding hydrogens is 583 g/mol. The summed E-state index contributed by atoms with van der Waals surface area (Å²) in [5, 5.41) is 11.8. The third kappa shape index (κ3) is 4.71. The molecular formula is C35H39FO9. The van der Waals surface area contributed by atoms with Gasteiger partial charge in [-0.05, 0) is 56.0 Å². The summed E-state index contributed by atoms with van der Waals surface area (Å²) in [7, 11) is 0. The molecule has 0 spiro atoms. The number of Topliss-reactive ketones (excluding diaryl/α,β-unsaturated/α-hetero) is 1. The van der Waals surface area contributed by atoms with Gasteiger partial charge in [0.05, 0.1) is 17.1 Å². The smallest absolute Gasteiger partial charge is 0.343 e. The zero-order chi connectivity index (χ0) is 32.9. The lowest BCUT2D eigenvalue weighted by Gasteiger charge is -2.61. The van der Waals surface area contributed by atoms with E-state index < -0.39 is 82.0 Å². The number of benzene rings is 1. The average Bonchev–Trinajstić information content (AvgIpc) is 3.24. The van der Waals surface area contributed by atoms with Crippen molar-refractivity contribution in [1.82, 2.24) is 0 Å². The van der Waals surface area contributed by atoms with Gasteiger partial charge in [0.15, 0.2) is 23.7 Å². The van der Waals surface area contributed by atoms with E-state index in [-0.39, 0.29) is 42.6 Å². The minimum absolute atomic E-state index is 0.0160. The number of hydrogen-bond donors (Lipinski definition) is 1. The van der Waals surface area contributed by atoms with E-state index in [2.05, 4.69) is 0 Å². The van der Waals surface area contributed by atoms with Crippen molar-refractivity contribution in [2.24, 2.45) is 28.6 Å². The highest BCUT2D eigenvalue weighted by molar-refractivity contribution is 6.02. The lowest BCUT2D eigenvalue weighted by Crippen LogP contribution is -2.69. The van der Waals surface area contributed by atoms with Crippen LogP contribution in [0.15, 0.2) is 66.0 Å². The van der Waals surface area contributed by atoms with Crippen LogP contribution in [0, 0.1) is 28.6 Å². The molecule has 9 nitrogen and oxygen atoms in total. The number of carbonyl (C=O) groups is 5. The van der Waals surface area contributed by atoms with E-state index in [1.807, 2.05) is 0 Å². The van der Waals surface area contributed by atoms with Gasteiger partial charge in [0.2, 0.25) is 5.78 Å². The summed E-state index contributed by atoms with van der Waals surface area (Å²) >= 11 is 0. The fourth-order valence-electron chi connectivity index (χ4n) is 8.38. The summed E-state index contributed by atoms with van der Waals surface area (Å²) in [4.78, 5) is 64.8. The van der Waals surface area contributed by atoms with Gasteiger partial charge in [0.25, 0.3) is 0 Å². The van der Waals surface area contributed by atoms with Crippen LogP contribution in [0.2, 0.25) is 0 Å². The van der Waals surface area contributed by atoms with Crippen LogP contribution in [-0.4, -0.2) is 58.6 Å². The predicted molar refractivity (Wildman–Crippen MR) is 159 cm³/mol. The van der Waals surface area contributed by atoms with Gasteiger partial charge in [0, 0.05) is 35.7 Å². The second-order valence-electron chi connectivity index (χ2n) is 13.0. The maximum absolute atomic E-state index is 18.0. The topological polar surface area (TPSA) is 133 Å². The van der Waals surface area contributed by atoms with Crippen molar-refractivity contribution >= 4 is 29.5 Å². The molecule has 240 valence electrons. The summed E-state index contributed by atoms with van der Waals surface area (Å²) < 4.78 is 35.1. The molecule has 1 aromatic carbocycles. The first-order valence-corrected chi connectivity index (χ1v) is 15.4. The maximum Gasteiger partial charge on any atom is 0.343 e. The van der Waals surface area contributed by atoms with Crippen LogP contribution in [0.25, 0.3) is 0 Å². The van der Waals surface area contributed by atoms with Crippen LogP contribution in [-0.2, 0) is 33.4 Å². The lowest BCUT2D eigenvalue weighted by atomic mass is 9.46. The SMILES string of the molecule is CCC(=O)OCC(=O)[C@]1(OC(=O)CC)[C@@H](C)C[C@H]2[C@@H]3C=C(OC(=O)c4ccccc4)C4=CC(=O)C=C[C@]4(C)[C@@]3(F)[C@@H](O)C[C@@]21C. The number of rotatable bonds is 8. The van der Waals surface area contributed by atoms with Crippen molar-refractivity contribution in [2.45, 2.75) is 77.7 Å². The van der Waals surface area contributed by atoms with E-state index in [9.17, 15) is 29.1 Å². The minimum atomic E-state index is -2.40. The van der Waals surface area contributed by atoms with Crippen LogP contribution in [0.1, 0.15) is 70.7 Å². The van der Waals surface area contributed by atoms with Crippen LogP contribution in [0.3, 0.4) is 0 Å². The average molecular weight is 623 g/mol. The number of alkyl halides is 1. The van der Waals surface area contributed by atoms with E-state index in [0.29, 0.717) is 0 Å². The molecule has 8 atom stereocenters. The molecule has 5 rings (SSSR count). The van der Waals surface area contributed by atoms with Crippen LogP contribution >= 0.6 is 0 Å². The summed E-state index contributed by atoms with van der Waals surface area (Å²) in [6.07, 6.45) is 3.54. The van der Waals surface area contributed by atoms with Crippen molar-refractivity contribution < 1.29 is 47.7 Å². The molecule has 0 saturated heterocycles. The quantitative estimate of drug-likeness (QED) is 0.321. The molecule has 0 heterocycles. The Labute approximate surface area is 261 Å². The molecule has 45 heavy (non-hydrogen) atoms. The van der Waals surface area contributed by atoms with E-state index in [1.54, 1.807) is 65.0 Å². The molecule has 2 saturated carbocycles. The van der Waals surface area contributed by atoms with Crippen LogP contribution < -0.4 is 0 Å². The predicted octanol–water partition coefficient (Wildman–Crippen LogP) is 4.78. The largest absolute Gasteiger partial charge is 0.457 e. The fraction of sp³-hybridized carbons (Fsp3) is 0.514. The van der Waals surface area contributed by atoms with Crippen molar-refractivity contribution in [1.29, 1.82) is 0 Å². The number of esters is 3. The highest BCUT2D eigenvalue weighted by Gasteiger charge is 2.77. The number of fused-ring (bicyclic) bond motifs is 5. The first kappa shape index (κ1) is 32.5. The van der Waals surface area contributed by atoms with Crippen molar-refractivity contribution in [2.75, 3.05) is 6.61 Å². The van der Waals surface area contributed by atoms with Crippen molar-refractivity contribution in [3.05, 3.63) is 71.5 Å². The molecule has 0 aromatic heterocycles. The molecule has 0 aliphatic heterocycles. The highest BCUT2D eigenvalue weighted by atomic mass is 19.1. The van der Waals surface area contributed by atoms with Gasteiger partial charge >= 0.3 is 17.9 Å². The van der Waals surface area contributed by atoms with Gasteiger partial charge in [-0.15, -0.1) is 0 Å². The zero-order valence-electron chi connectivity index (χ0n) is 26.1. The minimum Gasteiger partial charge on any atom is -0.457 e. The molecule has 4 aliphatic rings. The summed E-state index contributed by atoms with van der Waals surface area (Å²) in [5.41, 5.74) is -6.78. The number of allylic oxidation sites excluding steroid dienone is 5. The number of ketones is 2. The Bertz CT molecular complexity index is 1530. The number of carbonyl (C=O) groups excluding carboxylic acids is 5. The Hall–Kier alpha value is -3.92. The molecule has 2 fully saturated rings. The zero-order valence-corrected chi connectivity index (χ0v) is 26.1. The van der Waals surface area contributed by atoms with E-state index in [4.69, 9.17) is 14.2 Å². The molecule has 0 bridgehead atoms. The summed E-state index contributed by atoms with van der Waals surface area (Å²) in [6.45, 7) is 7.51.